The first-order valence-corrected chi connectivity index (χ1v) is 7.05. The molecule has 106 valence electrons. The molecular formula is C17H13ClO3. The Morgan fingerprint density at radius 3 is 2.38 bits per heavy atom. The predicted octanol–water partition coefficient (Wildman–Crippen LogP) is 3.49. The molecule has 0 saturated carbocycles. The minimum absolute atomic E-state index is 0.295. The summed E-state index contributed by atoms with van der Waals surface area (Å²) < 4.78 is 0. The second-order valence-corrected chi connectivity index (χ2v) is 5.64. The van der Waals surface area contributed by atoms with Crippen molar-refractivity contribution in [3.63, 3.8) is 0 Å². The lowest BCUT2D eigenvalue weighted by molar-refractivity contribution is -0.141. The highest BCUT2D eigenvalue weighted by Gasteiger charge is 2.51. The quantitative estimate of drug-likeness (QED) is 0.697. The summed E-state index contributed by atoms with van der Waals surface area (Å²) in [7, 11) is 0. The summed E-state index contributed by atoms with van der Waals surface area (Å²) in [5.74, 6) is -1.47. The molecule has 0 aliphatic heterocycles. The fourth-order valence-corrected chi connectivity index (χ4v) is 3.14. The lowest BCUT2D eigenvalue weighted by Crippen LogP contribution is -2.42. The highest BCUT2D eigenvalue weighted by Crippen LogP contribution is 2.41. The van der Waals surface area contributed by atoms with E-state index in [1.54, 1.807) is 36.4 Å². The van der Waals surface area contributed by atoms with Gasteiger partial charge in [-0.1, -0.05) is 35.9 Å². The maximum atomic E-state index is 12.9. The van der Waals surface area contributed by atoms with E-state index in [4.69, 9.17) is 11.6 Å². The van der Waals surface area contributed by atoms with E-state index in [2.05, 4.69) is 0 Å². The van der Waals surface area contributed by atoms with Crippen molar-refractivity contribution in [3.05, 3.63) is 70.2 Å². The number of rotatable bonds is 3. The number of benzene rings is 2. The number of hydrogen-bond acceptors (Lipinski definition) is 2. The van der Waals surface area contributed by atoms with Gasteiger partial charge in [0.1, 0.15) is 0 Å². The summed E-state index contributed by atoms with van der Waals surface area (Å²) in [4.78, 5) is 24.8. The Bertz CT molecular complexity index is 721. The SMILES string of the molecule is O=C(O)C1(C(=O)c2ccc(Cl)cc2)CCc2ccccc21. The normalized spacial score (nSPS) is 20.0. The van der Waals surface area contributed by atoms with Crippen LogP contribution >= 0.6 is 11.6 Å². The molecule has 0 radical (unpaired) electrons. The fraction of sp³-hybridized carbons (Fsp3) is 0.176. The van der Waals surface area contributed by atoms with Crippen LogP contribution in [0.2, 0.25) is 5.02 Å². The van der Waals surface area contributed by atoms with Crippen molar-refractivity contribution in [1.29, 1.82) is 0 Å². The molecule has 1 unspecified atom stereocenters. The Morgan fingerprint density at radius 1 is 1.05 bits per heavy atom. The molecule has 1 aliphatic rings. The van der Waals surface area contributed by atoms with Crippen molar-refractivity contribution in [2.75, 3.05) is 0 Å². The summed E-state index contributed by atoms with van der Waals surface area (Å²) in [6, 6.07) is 13.6. The van der Waals surface area contributed by atoms with E-state index in [-0.39, 0.29) is 5.78 Å². The molecule has 0 saturated heterocycles. The Kier molecular flexibility index (Phi) is 3.30. The van der Waals surface area contributed by atoms with E-state index >= 15 is 0 Å². The number of aryl methyl sites for hydroxylation is 1. The number of fused-ring (bicyclic) bond motifs is 1. The highest BCUT2D eigenvalue weighted by molar-refractivity contribution is 6.30. The van der Waals surface area contributed by atoms with Crippen molar-refractivity contribution >= 4 is 23.4 Å². The number of carbonyl (C=O) groups excluding carboxylic acids is 1. The first kappa shape index (κ1) is 13.8. The third kappa shape index (κ3) is 2.05. The van der Waals surface area contributed by atoms with Gasteiger partial charge in [0.05, 0.1) is 0 Å². The molecule has 1 aliphatic carbocycles. The smallest absolute Gasteiger partial charge is 0.322 e. The van der Waals surface area contributed by atoms with E-state index in [0.29, 0.717) is 29.0 Å². The Morgan fingerprint density at radius 2 is 1.71 bits per heavy atom. The second kappa shape index (κ2) is 5.01. The van der Waals surface area contributed by atoms with Gasteiger partial charge in [0, 0.05) is 10.6 Å². The van der Waals surface area contributed by atoms with Crippen LogP contribution in [-0.4, -0.2) is 16.9 Å². The van der Waals surface area contributed by atoms with Crippen molar-refractivity contribution in [2.24, 2.45) is 0 Å². The molecule has 1 N–H and O–H groups in total. The monoisotopic (exact) mass is 300 g/mol. The van der Waals surface area contributed by atoms with Crippen LogP contribution in [0, 0.1) is 0 Å². The van der Waals surface area contributed by atoms with Crippen molar-refractivity contribution in [3.8, 4) is 0 Å². The zero-order chi connectivity index (χ0) is 15.0. The summed E-state index contributed by atoms with van der Waals surface area (Å²) in [5.41, 5.74) is 0.433. The molecule has 0 amide bonds. The van der Waals surface area contributed by atoms with Crippen LogP contribution in [0.25, 0.3) is 0 Å². The summed E-state index contributed by atoms with van der Waals surface area (Å²) in [6.07, 6.45) is 0.894. The summed E-state index contributed by atoms with van der Waals surface area (Å²) in [5, 5.41) is 10.3. The lowest BCUT2D eigenvalue weighted by Gasteiger charge is -2.24. The third-order valence-corrected chi connectivity index (χ3v) is 4.36. The number of carboxylic acids is 1. The van der Waals surface area contributed by atoms with Gasteiger partial charge in [-0.2, -0.15) is 0 Å². The predicted molar refractivity (Wildman–Crippen MR) is 79.9 cm³/mol. The van der Waals surface area contributed by atoms with Gasteiger partial charge in [-0.15, -0.1) is 0 Å². The third-order valence-electron chi connectivity index (χ3n) is 4.11. The second-order valence-electron chi connectivity index (χ2n) is 5.20. The first-order chi connectivity index (χ1) is 10.1. The number of ketones is 1. The molecule has 2 aromatic rings. The largest absolute Gasteiger partial charge is 0.480 e. The number of aliphatic carboxylic acids is 1. The number of carbonyl (C=O) groups is 2. The lowest BCUT2D eigenvalue weighted by atomic mass is 9.75. The Balaban J connectivity index is 2.14. The number of Topliss-reactive ketones (excluding diaryl/α,β-unsaturated/α-hetero) is 1. The van der Waals surface area contributed by atoms with Crippen LogP contribution in [0.1, 0.15) is 27.9 Å². The number of hydrogen-bond donors (Lipinski definition) is 1. The average molecular weight is 301 g/mol. The van der Waals surface area contributed by atoms with Gasteiger partial charge in [-0.25, -0.2) is 0 Å². The molecule has 21 heavy (non-hydrogen) atoms. The maximum Gasteiger partial charge on any atom is 0.322 e. The van der Waals surface area contributed by atoms with Gasteiger partial charge in [0.2, 0.25) is 0 Å². The molecule has 4 heteroatoms. The summed E-state index contributed by atoms with van der Waals surface area (Å²) >= 11 is 5.83. The van der Waals surface area contributed by atoms with E-state index in [1.165, 1.54) is 0 Å². The van der Waals surface area contributed by atoms with Crippen molar-refractivity contribution in [1.82, 2.24) is 0 Å². The van der Waals surface area contributed by atoms with Gasteiger partial charge < -0.3 is 5.11 Å². The Hall–Kier alpha value is -2.13. The molecule has 0 aromatic heterocycles. The van der Waals surface area contributed by atoms with Crippen molar-refractivity contribution < 1.29 is 14.7 Å². The van der Waals surface area contributed by atoms with Gasteiger partial charge in [-0.05, 0) is 48.2 Å². The number of carboxylic acid groups (broad SMARTS) is 1. The molecule has 3 nitrogen and oxygen atoms in total. The van der Waals surface area contributed by atoms with Gasteiger partial charge in [0.25, 0.3) is 0 Å². The molecule has 2 aromatic carbocycles. The molecule has 3 rings (SSSR count). The van der Waals surface area contributed by atoms with E-state index in [0.717, 1.165) is 5.56 Å². The minimum Gasteiger partial charge on any atom is -0.480 e. The van der Waals surface area contributed by atoms with Crippen LogP contribution in [0.15, 0.2) is 48.5 Å². The van der Waals surface area contributed by atoms with E-state index < -0.39 is 11.4 Å². The topological polar surface area (TPSA) is 54.4 Å². The highest BCUT2D eigenvalue weighted by atomic mass is 35.5. The molecule has 0 bridgehead atoms. The zero-order valence-electron chi connectivity index (χ0n) is 11.2. The van der Waals surface area contributed by atoms with Crippen LogP contribution in [0.4, 0.5) is 0 Å². The van der Waals surface area contributed by atoms with Gasteiger partial charge in [-0.3, -0.25) is 9.59 Å². The van der Waals surface area contributed by atoms with Crippen LogP contribution < -0.4 is 0 Å². The fourth-order valence-electron chi connectivity index (χ4n) is 3.01. The van der Waals surface area contributed by atoms with Crippen molar-refractivity contribution in [2.45, 2.75) is 18.3 Å². The Labute approximate surface area is 127 Å². The average Bonchev–Trinajstić information content (AvgIpc) is 2.88. The standard InChI is InChI=1S/C17H13ClO3/c18-13-7-5-12(6-8-13)15(19)17(16(20)21)10-9-11-3-1-2-4-14(11)17/h1-8H,9-10H2,(H,20,21). The van der Waals surface area contributed by atoms with Gasteiger partial charge >= 0.3 is 5.97 Å². The molecule has 0 fully saturated rings. The summed E-state index contributed by atoms with van der Waals surface area (Å²) in [6.45, 7) is 0. The molecule has 0 heterocycles. The zero-order valence-corrected chi connectivity index (χ0v) is 11.9. The first-order valence-electron chi connectivity index (χ1n) is 6.68. The minimum atomic E-state index is -1.48. The van der Waals surface area contributed by atoms with Crippen LogP contribution in [-0.2, 0) is 16.6 Å². The van der Waals surface area contributed by atoms with Crippen LogP contribution in [0.5, 0.6) is 0 Å². The molecular weight excluding hydrogens is 288 g/mol. The van der Waals surface area contributed by atoms with E-state index in [1.807, 2.05) is 12.1 Å². The maximum absolute atomic E-state index is 12.9. The number of halogens is 1. The van der Waals surface area contributed by atoms with Gasteiger partial charge in [0.15, 0.2) is 11.2 Å². The van der Waals surface area contributed by atoms with E-state index in [9.17, 15) is 14.7 Å². The molecule has 1 atom stereocenters. The molecule has 0 spiro atoms. The van der Waals surface area contributed by atoms with Crippen LogP contribution in [0.3, 0.4) is 0 Å².